The average Bonchev–Trinajstić information content (AvgIpc) is 3.41. The predicted molar refractivity (Wildman–Crippen MR) is 162 cm³/mol. The van der Waals surface area contributed by atoms with E-state index in [1.165, 1.54) is 0 Å². The molecule has 0 bridgehead atoms. The molecule has 6 heteroatoms. The lowest BCUT2D eigenvalue weighted by molar-refractivity contribution is 0.655. The molecular weight excluding hydrogens is 506 g/mol. The molecule has 192 valence electrons. The molecule has 0 amide bonds. The van der Waals surface area contributed by atoms with Crippen LogP contribution in [0.25, 0.3) is 78.5 Å². The van der Waals surface area contributed by atoms with Gasteiger partial charge in [0.2, 0.25) is 5.71 Å². The lowest BCUT2D eigenvalue weighted by Crippen LogP contribution is -2.00. The van der Waals surface area contributed by atoms with E-state index in [1.807, 2.05) is 103 Å². The first-order valence-corrected chi connectivity index (χ1v) is 13.4. The summed E-state index contributed by atoms with van der Waals surface area (Å²) in [6.45, 7) is 0. The van der Waals surface area contributed by atoms with E-state index < -0.39 is 0 Å². The van der Waals surface area contributed by atoms with Crippen LogP contribution in [0.15, 0.2) is 132 Å². The van der Waals surface area contributed by atoms with Gasteiger partial charge in [0, 0.05) is 22.1 Å². The van der Waals surface area contributed by atoms with Gasteiger partial charge in [0.1, 0.15) is 11.1 Å². The van der Waals surface area contributed by atoms with Gasteiger partial charge in [-0.2, -0.15) is 0 Å². The quantitative estimate of drug-likeness (QED) is 0.229. The Hall–Kier alpha value is -5.75. The van der Waals surface area contributed by atoms with Crippen molar-refractivity contribution in [3.05, 3.63) is 127 Å². The van der Waals surface area contributed by atoms with Crippen molar-refractivity contribution < 1.29 is 4.42 Å². The number of fused-ring (bicyclic) bond motifs is 4. The Morgan fingerprint density at radius 1 is 0.390 bits per heavy atom. The van der Waals surface area contributed by atoms with E-state index in [0.717, 1.165) is 55.3 Å². The van der Waals surface area contributed by atoms with Crippen molar-refractivity contribution in [1.82, 2.24) is 24.9 Å². The third-order valence-corrected chi connectivity index (χ3v) is 7.13. The highest BCUT2D eigenvalue weighted by atomic mass is 16.3. The second kappa shape index (κ2) is 9.47. The van der Waals surface area contributed by atoms with Gasteiger partial charge in [-0.1, -0.05) is 97.1 Å². The van der Waals surface area contributed by atoms with Crippen molar-refractivity contribution >= 4 is 33.2 Å². The molecule has 0 saturated heterocycles. The maximum absolute atomic E-state index is 6.05. The Bertz CT molecular complexity index is 2150. The first-order valence-electron chi connectivity index (χ1n) is 13.4. The highest BCUT2D eigenvalue weighted by molar-refractivity contribution is 6.05. The Morgan fingerprint density at radius 2 is 0.927 bits per heavy atom. The Balaban J connectivity index is 1.26. The van der Waals surface area contributed by atoms with Gasteiger partial charge in [0.05, 0.1) is 11.0 Å². The number of nitrogens with zero attached hydrogens (tertiary/aromatic N) is 5. The monoisotopic (exact) mass is 527 g/mol. The van der Waals surface area contributed by atoms with E-state index >= 15 is 0 Å². The van der Waals surface area contributed by atoms with Crippen LogP contribution in [-0.4, -0.2) is 24.9 Å². The summed E-state index contributed by atoms with van der Waals surface area (Å²) in [5.74, 6) is 1.89. The van der Waals surface area contributed by atoms with Crippen LogP contribution in [0.4, 0.5) is 0 Å². The van der Waals surface area contributed by atoms with E-state index in [1.54, 1.807) is 0 Å². The molecule has 0 aliphatic rings. The Kier molecular flexibility index (Phi) is 5.35. The summed E-state index contributed by atoms with van der Waals surface area (Å²) in [6.07, 6.45) is 0. The van der Waals surface area contributed by atoms with Gasteiger partial charge in [-0.15, -0.1) is 0 Å². The Morgan fingerprint density at radius 3 is 1.61 bits per heavy atom. The SMILES string of the molecule is c1ccc(-c2nc(-c3ccccc3)nc(-c3cccc(-c4ccc5oc6nc7ccccc7nc6c5c4)c3)n2)cc1. The van der Waals surface area contributed by atoms with Crippen molar-refractivity contribution in [1.29, 1.82) is 0 Å². The smallest absolute Gasteiger partial charge is 0.246 e. The number of hydrogen-bond donors (Lipinski definition) is 0. The number of para-hydroxylation sites is 2. The fourth-order valence-corrected chi connectivity index (χ4v) is 5.09. The molecule has 3 aromatic heterocycles. The normalized spacial score (nSPS) is 11.4. The van der Waals surface area contributed by atoms with Crippen LogP contribution < -0.4 is 0 Å². The highest BCUT2D eigenvalue weighted by Crippen LogP contribution is 2.33. The van der Waals surface area contributed by atoms with Crippen LogP contribution in [0.2, 0.25) is 0 Å². The molecule has 0 N–H and O–H groups in total. The summed E-state index contributed by atoms with van der Waals surface area (Å²) in [5.41, 5.74) is 8.57. The third-order valence-electron chi connectivity index (χ3n) is 7.13. The summed E-state index contributed by atoms with van der Waals surface area (Å²) >= 11 is 0. The molecule has 41 heavy (non-hydrogen) atoms. The number of rotatable bonds is 4. The van der Waals surface area contributed by atoms with Crippen LogP contribution in [0.1, 0.15) is 0 Å². The molecule has 0 aliphatic carbocycles. The van der Waals surface area contributed by atoms with E-state index in [-0.39, 0.29) is 0 Å². The molecule has 0 spiro atoms. The van der Waals surface area contributed by atoms with Gasteiger partial charge in [-0.3, -0.25) is 0 Å². The highest BCUT2D eigenvalue weighted by Gasteiger charge is 2.15. The summed E-state index contributed by atoms with van der Waals surface area (Å²) in [7, 11) is 0. The lowest BCUT2D eigenvalue weighted by Gasteiger charge is -2.09. The second-order valence-corrected chi connectivity index (χ2v) is 9.80. The molecule has 8 aromatic rings. The second-order valence-electron chi connectivity index (χ2n) is 9.80. The molecule has 6 nitrogen and oxygen atoms in total. The van der Waals surface area contributed by atoms with Gasteiger partial charge in [0.25, 0.3) is 0 Å². The molecule has 8 rings (SSSR count). The summed E-state index contributed by atoms with van der Waals surface area (Å²) in [5, 5.41) is 0.930. The molecule has 0 radical (unpaired) electrons. The van der Waals surface area contributed by atoms with Crippen molar-refractivity contribution in [2.75, 3.05) is 0 Å². The van der Waals surface area contributed by atoms with Crippen molar-refractivity contribution in [3.8, 4) is 45.3 Å². The van der Waals surface area contributed by atoms with Crippen molar-refractivity contribution in [2.45, 2.75) is 0 Å². The molecule has 0 unspecified atom stereocenters. The first-order chi connectivity index (χ1) is 20.3. The zero-order valence-electron chi connectivity index (χ0n) is 21.8. The fourth-order valence-electron chi connectivity index (χ4n) is 5.09. The van der Waals surface area contributed by atoms with Gasteiger partial charge in [-0.25, -0.2) is 24.9 Å². The summed E-state index contributed by atoms with van der Waals surface area (Å²) < 4.78 is 6.05. The minimum atomic E-state index is 0.539. The maximum atomic E-state index is 6.05. The minimum absolute atomic E-state index is 0.539. The topological polar surface area (TPSA) is 77.6 Å². The zero-order chi connectivity index (χ0) is 27.2. The standard InChI is InChI=1S/C35H21N5O/c1-3-10-22(11-4-1)32-38-33(23-12-5-2-6-13-23)40-34(39-32)26-15-9-14-24(20-26)25-18-19-30-27(21-25)31-35(41-30)37-29-17-8-7-16-28(29)36-31/h1-21H. The number of benzene rings is 5. The molecule has 0 fully saturated rings. The van der Waals surface area contributed by atoms with Gasteiger partial charge in [0.15, 0.2) is 17.5 Å². The average molecular weight is 528 g/mol. The first kappa shape index (κ1) is 23.2. The maximum Gasteiger partial charge on any atom is 0.246 e. The molecular formula is C35H21N5O. The van der Waals surface area contributed by atoms with Crippen LogP contribution in [0.5, 0.6) is 0 Å². The predicted octanol–water partition coefficient (Wildman–Crippen LogP) is 8.38. The largest absolute Gasteiger partial charge is 0.436 e. The van der Waals surface area contributed by atoms with E-state index in [0.29, 0.717) is 23.2 Å². The van der Waals surface area contributed by atoms with Crippen LogP contribution in [0.3, 0.4) is 0 Å². The molecule has 5 aromatic carbocycles. The van der Waals surface area contributed by atoms with Crippen LogP contribution in [-0.2, 0) is 0 Å². The van der Waals surface area contributed by atoms with E-state index in [4.69, 9.17) is 24.4 Å². The summed E-state index contributed by atoms with van der Waals surface area (Å²) in [6, 6.07) is 42.2. The molecule has 0 saturated carbocycles. The van der Waals surface area contributed by atoms with E-state index in [9.17, 15) is 0 Å². The van der Waals surface area contributed by atoms with Gasteiger partial charge >= 0.3 is 0 Å². The number of aromatic nitrogens is 5. The molecule has 0 atom stereocenters. The van der Waals surface area contributed by atoms with Crippen LogP contribution in [0, 0.1) is 0 Å². The third kappa shape index (κ3) is 4.19. The molecule has 3 heterocycles. The van der Waals surface area contributed by atoms with Gasteiger partial charge < -0.3 is 4.42 Å². The molecule has 0 aliphatic heterocycles. The zero-order valence-corrected chi connectivity index (χ0v) is 21.8. The minimum Gasteiger partial charge on any atom is -0.436 e. The van der Waals surface area contributed by atoms with E-state index in [2.05, 4.69) is 29.2 Å². The summed E-state index contributed by atoms with van der Waals surface area (Å²) in [4.78, 5) is 24.1. The van der Waals surface area contributed by atoms with Crippen LogP contribution >= 0.6 is 0 Å². The van der Waals surface area contributed by atoms with Crippen molar-refractivity contribution in [3.63, 3.8) is 0 Å². The number of furan rings is 1. The van der Waals surface area contributed by atoms with Crippen molar-refractivity contribution in [2.24, 2.45) is 0 Å². The lowest BCUT2D eigenvalue weighted by atomic mass is 10.0. The number of hydrogen-bond acceptors (Lipinski definition) is 6. The fraction of sp³-hybridized carbons (Fsp3) is 0. The Labute approximate surface area is 235 Å². The van der Waals surface area contributed by atoms with Gasteiger partial charge in [-0.05, 0) is 41.5 Å².